The summed E-state index contributed by atoms with van der Waals surface area (Å²) in [5.41, 5.74) is 0. The van der Waals surface area contributed by atoms with Gasteiger partial charge in [0.15, 0.2) is 0 Å². The van der Waals surface area contributed by atoms with E-state index in [1.807, 2.05) is 0 Å². The summed E-state index contributed by atoms with van der Waals surface area (Å²) in [4.78, 5) is 23.5. The highest BCUT2D eigenvalue weighted by atomic mass is 32.1. The topological polar surface area (TPSA) is 66.8 Å². The molecule has 0 aliphatic rings. The molecule has 100 valence electrons. The fourth-order valence-corrected chi connectivity index (χ4v) is 1.95. The highest BCUT2D eigenvalue weighted by molar-refractivity contribution is 7.12. The first-order chi connectivity index (χ1) is 8.34. The molecular formula is C10H11F2NO4S. The molecule has 1 atom stereocenters. The molecule has 1 heterocycles. The molecule has 1 aromatic rings. The van der Waals surface area contributed by atoms with Crippen molar-refractivity contribution in [3.63, 3.8) is 0 Å². The number of halogens is 2. The third-order valence-electron chi connectivity index (χ3n) is 2.30. The van der Waals surface area contributed by atoms with Crippen LogP contribution in [0, 0.1) is 0 Å². The van der Waals surface area contributed by atoms with E-state index in [2.05, 4.69) is 4.74 Å². The van der Waals surface area contributed by atoms with Crippen LogP contribution in [0.1, 0.15) is 16.6 Å². The van der Waals surface area contributed by atoms with Gasteiger partial charge in [-0.2, -0.15) is 8.78 Å². The number of hydrogen-bond donors (Lipinski definition) is 1. The van der Waals surface area contributed by atoms with Crippen LogP contribution in [0.3, 0.4) is 0 Å². The molecule has 0 aromatic carbocycles. The summed E-state index contributed by atoms with van der Waals surface area (Å²) in [7, 11) is 1.28. The Morgan fingerprint density at radius 3 is 2.61 bits per heavy atom. The lowest BCUT2D eigenvalue weighted by Gasteiger charge is -2.21. The lowest BCUT2D eigenvalue weighted by atomic mass is 10.3. The normalized spacial score (nSPS) is 12.3. The van der Waals surface area contributed by atoms with Gasteiger partial charge in [-0.3, -0.25) is 4.79 Å². The van der Waals surface area contributed by atoms with Crippen molar-refractivity contribution in [2.45, 2.75) is 19.6 Å². The number of nitrogens with zero attached hydrogens (tertiary/aromatic N) is 1. The minimum atomic E-state index is -3.03. The van der Waals surface area contributed by atoms with Crippen LogP contribution < -0.4 is 4.74 Å². The Hall–Kier alpha value is -1.70. The Balaban J connectivity index is 2.90. The lowest BCUT2D eigenvalue weighted by Crippen LogP contribution is -2.40. The predicted molar refractivity (Wildman–Crippen MR) is 60.1 cm³/mol. The molecule has 0 saturated heterocycles. The zero-order valence-corrected chi connectivity index (χ0v) is 10.4. The summed E-state index contributed by atoms with van der Waals surface area (Å²) in [6.45, 7) is -1.71. The molecule has 0 saturated carbocycles. The molecule has 0 bridgehead atoms. The molecule has 1 unspecified atom stereocenters. The number of rotatable bonds is 5. The highest BCUT2D eigenvalue weighted by Crippen LogP contribution is 2.28. The average molecular weight is 279 g/mol. The maximum absolute atomic E-state index is 12.1. The summed E-state index contributed by atoms with van der Waals surface area (Å²) in [5.74, 6) is -2.10. The molecule has 5 nitrogen and oxygen atoms in total. The van der Waals surface area contributed by atoms with Gasteiger partial charge in [0.1, 0.15) is 16.7 Å². The minimum Gasteiger partial charge on any atom is -0.480 e. The van der Waals surface area contributed by atoms with E-state index in [1.165, 1.54) is 25.4 Å². The number of hydrogen-bond acceptors (Lipinski definition) is 4. The van der Waals surface area contributed by atoms with Crippen LogP contribution in [-0.2, 0) is 4.79 Å². The van der Waals surface area contributed by atoms with Crippen molar-refractivity contribution >= 4 is 23.2 Å². The van der Waals surface area contributed by atoms with Crippen molar-refractivity contribution in [3.8, 4) is 5.75 Å². The predicted octanol–water partition coefficient (Wildman–Crippen LogP) is 1.89. The van der Waals surface area contributed by atoms with Crippen molar-refractivity contribution in [3.05, 3.63) is 16.3 Å². The van der Waals surface area contributed by atoms with Crippen LogP contribution in [0.15, 0.2) is 11.4 Å². The Morgan fingerprint density at radius 1 is 1.50 bits per heavy atom. The largest absolute Gasteiger partial charge is 0.480 e. The van der Waals surface area contributed by atoms with Crippen LogP contribution in [0.25, 0.3) is 0 Å². The number of alkyl halides is 2. The molecule has 1 aromatic heterocycles. The number of aliphatic carboxylic acids is 1. The number of carboxylic acid groups (broad SMARTS) is 1. The second kappa shape index (κ2) is 5.76. The Bertz CT molecular complexity index is 449. The second-order valence-corrected chi connectivity index (χ2v) is 4.34. The maximum Gasteiger partial charge on any atom is 0.387 e. The summed E-state index contributed by atoms with van der Waals surface area (Å²) in [5, 5.41) is 10.2. The van der Waals surface area contributed by atoms with E-state index in [-0.39, 0.29) is 10.6 Å². The molecule has 8 heteroatoms. The SMILES string of the molecule is CC(C(=O)O)N(C)C(=O)c1sccc1OC(F)F. The van der Waals surface area contributed by atoms with E-state index in [9.17, 15) is 18.4 Å². The molecule has 18 heavy (non-hydrogen) atoms. The first-order valence-electron chi connectivity index (χ1n) is 4.86. The van der Waals surface area contributed by atoms with Crippen LogP contribution in [-0.4, -0.2) is 41.6 Å². The van der Waals surface area contributed by atoms with Crippen LogP contribution in [0.5, 0.6) is 5.75 Å². The van der Waals surface area contributed by atoms with Crippen molar-refractivity contribution in [2.24, 2.45) is 0 Å². The number of carboxylic acids is 1. The molecule has 0 aliphatic heterocycles. The number of thiophene rings is 1. The number of carbonyl (C=O) groups excluding carboxylic acids is 1. The van der Waals surface area contributed by atoms with E-state index < -0.39 is 24.5 Å². The average Bonchev–Trinajstić information content (AvgIpc) is 2.73. The number of amides is 1. The van der Waals surface area contributed by atoms with Crippen LogP contribution >= 0.6 is 11.3 Å². The van der Waals surface area contributed by atoms with Gasteiger partial charge in [0.25, 0.3) is 5.91 Å². The fourth-order valence-electron chi connectivity index (χ4n) is 1.14. The first-order valence-corrected chi connectivity index (χ1v) is 5.74. The highest BCUT2D eigenvalue weighted by Gasteiger charge is 2.26. The summed E-state index contributed by atoms with van der Waals surface area (Å²) < 4.78 is 28.4. The van der Waals surface area contributed by atoms with Gasteiger partial charge < -0.3 is 14.7 Å². The number of carbonyl (C=O) groups is 2. The smallest absolute Gasteiger partial charge is 0.387 e. The quantitative estimate of drug-likeness (QED) is 0.893. The summed E-state index contributed by atoms with van der Waals surface area (Å²) >= 11 is 0.915. The van der Waals surface area contributed by atoms with E-state index in [1.54, 1.807) is 0 Å². The molecule has 0 fully saturated rings. The summed E-state index contributed by atoms with van der Waals surface area (Å²) in [6, 6.07) is 0.183. The minimum absolute atomic E-state index is 0.0501. The lowest BCUT2D eigenvalue weighted by molar-refractivity contribution is -0.141. The third-order valence-corrected chi connectivity index (χ3v) is 3.18. The van der Waals surface area contributed by atoms with Crippen molar-refractivity contribution in [1.29, 1.82) is 0 Å². The van der Waals surface area contributed by atoms with E-state index >= 15 is 0 Å². The molecule has 1 N–H and O–H groups in total. The molecular weight excluding hydrogens is 268 g/mol. The molecule has 0 spiro atoms. The van der Waals surface area contributed by atoms with Gasteiger partial charge in [-0.1, -0.05) is 0 Å². The molecule has 1 amide bonds. The number of ether oxygens (including phenoxy) is 1. The number of likely N-dealkylation sites (N-methyl/N-ethyl adjacent to an activating group) is 1. The molecule has 0 radical (unpaired) electrons. The van der Waals surface area contributed by atoms with Crippen molar-refractivity contribution in [1.82, 2.24) is 4.90 Å². The van der Waals surface area contributed by atoms with Gasteiger partial charge >= 0.3 is 12.6 Å². The standard InChI is InChI=1S/C10H11F2NO4S/c1-5(9(15)16)13(2)8(14)7-6(3-4-18-7)17-10(11)12/h3-5,10H,1-2H3,(H,15,16). The second-order valence-electron chi connectivity index (χ2n) is 3.42. The zero-order valence-electron chi connectivity index (χ0n) is 9.59. The van der Waals surface area contributed by atoms with E-state index in [0.29, 0.717) is 0 Å². The van der Waals surface area contributed by atoms with Crippen LogP contribution in [0.4, 0.5) is 8.78 Å². The van der Waals surface area contributed by atoms with Gasteiger partial charge in [-0.15, -0.1) is 11.3 Å². The van der Waals surface area contributed by atoms with Gasteiger partial charge in [-0.05, 0) is 18.4 Å². The van der Waals surface area contributed by atoms with Crippen molar-refractivity contribution < 1.29 is 28.2 Å². The Kier molecular flexibility index (Phi) is 4.60. The van der Waals surface area contributed by atoms with Gasteiger partial charge in [0.2, 0.25) is 0 Å². The fraction of sp³-hybridized carbons (Fsp3) is 0.400. The summed E-state index contributed by atoms with van der Waals surface area (Å²) in [6.07, 6.45) is 0. The Labute approximate surface area is 106 Å². The van der Waals surface area contributed by atoms with E-state index in [0.717, 1.165) is 16.2 Å². The maximum atomic E-state index is 12.1. The first kappa shape index (κ1) is 14.4. The Morgan fingerprint density at radius 2 is 2.11 bits per heavy atom. The molecule has 1 rings (SSSR count). The van der Waals surface area contributed by atoms with E-state index in [4.69, 9.17) is 5.11 Å². The van der Waals surface area contributed by atoms with Crippen LogP contribution in [0.2, 0.25) is 0 Å². The van der Waals surface area contributed by atoms with Gasteiger partial charge in [-0.25, -0.2) is 4.79 Å². The molecule has 0 aliphatic carbocycles. The van der Waals surface area contributed by atoms with Gasteiger partial charge in [0, 0.05) is 7.05 Å². The third kappa shape index (κ3) is 3.16. The van der Waals surface area contributed by atoms with Gasteiger partial charge in [0.05, 0.1) is 0 Å². The monoisotopic (exact) mass is 279 g/mol. The van der Waals surface area contributed by atoms with Crippen molar-refractivity contribution in [2.75, 3.05) is 7.05 Å². The zero-order chi connectivity index (χ0) is 13.9.